The van der Waals surface area contributed by atoms with E-state index in [1.807, 2.05) is 36.4 Å². The van der Waals surface area contributed by atoms with Gasteiger partial charge in [-0.2, -0.15) is 0 Å². The molecular weight excluding hydrogens is 534 g/mol. The Bertz CT molecular complexity index is 1370. The van der Waals surface area contributed by atoms with Gasteiger partial charge < -0.3 is 19.3 Å². The predicted octanol–water partition coefficient (Wildman–Crippen LogP) is 5.05. The smallest absolute Gasteiger partial charge is 0.131 e. The van der Waals surface area contributed by atoms with Crippen LogP contribution in [0, 0.1) is 0 Å². The first-order chi connectivity index (χ1) is 18.7. The van der Waals surface area contributed by atoms with E-state index in [2.05, 4.69) is 22.0 Å². The zero-order valence-corrected chi connectivity index (χ0v) is 23.8. The molecule has 39 heavy (non-hydrogen) atoms. The molecule has 0 radical (unpaired) electrons. The summed E-state index contributed by atoms with van der Waals surface area (Å²) < 4.78 is 31.8. The molecule has 206 valence electrons. The average Bonchev–Trinajstić information content (AvgIpc) is 3.31. The normalized spacial score (nSPS) is 19.4. The molecule has 2 atom stereocenters. The lowest BCUT2D eigenvalue weighted by atomic mass is 9.90. The number of aliphatic hydroxyl groups is 1. The molecule has 1 saturated heterocycles. The van der Waals surface area contributed by atoms with E-state index in [0.29, 0.717) is 24.7 Å². The molecule has 0 saturated carbocycles. The van der Waals surface area contributed by atoms with Crippen molar-refractivity contribution in [3.63, 3.8) is 0 Å². The van der Waals surface area contributed by atoms with Gasteiger partial charge in [-0.05, 0) is 80.3 Å². The lowest BCUT2D eigenvalue weighted by molar-refractivity contribution is 0.0785. The number of rotatable bonds is 8. The summed E-state index contributed by atoms with van der Waals surface area (Å²) in [6, 6.07) is 17.1. The zero-order chi connectivity index (χ0) is 27.6. The van der Waals surface area contributed by atoms with Crippen LogP contribution in [0.2, 0.25) is 5.02 Å². The fourth-order valence-electron chi connectivity index (χ4n) is 5.27. The number of nitrogens with zero attached hydrogens (tertiary/aromatic N) is 3. The minimum atomic E-state index is -2.31. The Hall–Kier alpha value is -2.59. The molecule has 0 bridgehead atoms. The quantitative estimate of drug-likeness (QED) is 0.384. The van der Waals surface area contributed by atoms with Crippen LogP contribution in [-0.4, -0.2) is 53.7 Å². The average molecular weight is 567 g/mol. The highest BCUT2D eigenvalue weighted by atomic mass is 35.5. The Labute approximate surface area is 237 Å². The third-order valence-electron chi connectivity index (χ3n) is 7.41. The third kappa shape index (κ3) is 6.60. The minimum Gasteiger partial charge on any atom is -0.760 e. The highest BCUT2D eigenvalue weighted by molar-refractivity contribution is 7.76. The first-order valence-electron chi connectivity index (χ1n) is 13.2. The van der Waals surface area contributed by atoms with Gasteiger partial charge in [-0.25, -0.2) is 4.31 Å². The van der Waals surface area contributed by atoms with Gasteiger partial charge in [-0.15, -0.1) is 0 Å². The van der Waals surface area contributed by atoms with Crippen LogP contribution in [0.25, 0.3) is 5.57 Å². The van der Waals surface area contributed by atoms with Gasteiger partial charge >= 0.3 is 0 Å². The van der Waals surface area contributed by atoms with E-state index >= 15 is 0 Å². The molecule has 7 nitrogen and oxygen atoms in total. The Morgan fingerprint density at radius 1 is 1.23 bits per heavy atom. The van der Waals surface area contributed by atoms with Crippen molar-refractivity contribution in [2.24, 2.45) is 0 Å². The van der Waals surface area contributed by atoms with Crippen LogP contribution in [0.5, 0.6) is 5.75 Å². The number of likely N-dealkylation sites (tertiary alicyclic amines) is 1. The van der Waals surface area contributed by atoms with E-state index < -0.39 is 16.9 Å². The van der Waals surface area contributed by atoms with Crippen molar-refractivity contribution in [1.82, 2.24) is 14.2 Å². The number of pyridine rings is 1. The molecule has 1 aromatic heterocycles. The van der Waals surface area contributed by atoms with Crippen molar-refractivity contribution in [3.8, 4) is 5.75 Å². The Kier molecular flexibility index (Phi) is 8.52. The maximum atomic E-state index is 12.1. The van der Waals surface area contributed by atoms with Gasteiger partial charge in [0.15, 0.2) is 0 Å². The second-order valence-corrected chi connectivity index (χ2v) is 12.0. The molecule has 9 heteroatoms. The topological polar surface area (TPSA) is 89.0 Å². The lowest BCUT2D eigenvalue weighted by Crippen LogP contribution is -2.38. The summed E-state index contributed by atoms with van der Waals surface area (Å²) in [6.07, 6.45) is 5.56. The van der Waals surface area contributed by atoms with Crippen LogP contribution >= 0.6 is 11.6 Å². The van der Waals surface area contributed by atoms with Crippen LogP contribution in [0.3, 0.4) is 0 Å². The molecule has 0 spiro atoms. The SMILES string of the molecule is CC(C)(O)c1ccc2c(c1)/C(=C/CCN1CC[C@H](N(Cc3ccc(Cl)cc3)S(=O)[O-])C1)c1cccnc1CO2. The van der Waals surface area contributed by atoms with Gasteiger partial charge in [0.05, 0.1) is 11.3 Å². The first kappa shape index (κ1) is 28.0. The maximum absolute atomic E-state index is 12.1. The molecule has 0 amide bonds. The molecule has 1 fully saturated rings. The van der Waals surface area contributed by atoms with Crippen LogP contribution in [-0.2, 0) is 30.0 Å². The minimum absolute atomic E-state index is 0.0714. The fourth-order valence-corrected chi connectivity index (χ4v) is 6.07. The molecular formula is C30H33ClN3O4S-. The largest absolute Gasteiger partial charge is 0.760 e. The summed E-state index contributed by atoms with van der Waals surface area (Å²) in [5, 5.41) is 11.3. The molecule has 5 rings (SSSR count). The zero-order valence-electron chi connectivity index (χ0n) is 22.2. The fraction of sp³-hybridized carbons (Fsp3) is 0.367. The highest BCUT2D eigenvalue weighted by Gasteiger charge is 2.29. The number of halogens is 1. The number of fused-ring (bicyclic) bond motifs is 2. The van der Waals surface area contributed by atoms with Gasteiger partial charge in [-0.3, -0.25) is 9.19 Å². The molecule has 2 aliphatic rings. The maximum Gasteiger partial charge on any atom is 0.131 e. The molecule has 2 aromatic carbocycles. The highest BCUT2D eigenvalue weighted by Crippen LogP contribution is 2.38. The van der Waals surface area contributed by atoms with E-state index in [9.17, 15) is 13.9 Å². The summed E-state index contributed by atoms with van der Waals surface area (Å²) >= 11 is 3.67. The molecule has 0 aliphatic carbocycles. The van der Waals surface area contributed by atoms with E-state index in [4.69, 9.17) is 16.3 Å². The summed E-state index contributed by atoms with van der Waals surface area (Å²) in [4.78, 5) is 6.87. The van der Waals surface area contributed by atoms with E-state index in [1.54, 1.807) is 36.5 Å². The van der Waals surface area contributed by atoms with Crippen molar-refractivity contribution in [3.05, 3.63) is 99.8 Å². The third-order valence-corrected chi connectivity index (χ3v) is 8.47. The number of hydrogen-bond acceptors (Lipinski definition) is 6. The van der Waals surface area contributed by atoms with Gasteiger partial charge in [0.2, 0.25) is 0 Å². The summed E-state index contributed by atoms with van der Waals surface area (Å²) in [5.41, 5.74) is 4.64. The van der Waals surface area contributed by atoms with Crippen LogP contribution in [0.4, 0.5) is 0 Å². The van der Waals surface area contributed by atoms with E-state index in [0.717, 1.165) is 65.2 Å². The van der Waals surface area contributed by atoms with Gasteiger partial charge in [0, 0.05) is 59.3 Å². The second kappa shape index (κ2) is 11.9. The van der Waals surface area contributed by atoms with Crippen LogP contribution in [0.15, 0.2) is 66.9 Å². The number of aromatic nitrogens is 1. The van der Waals surface area contributed by atoms with Crippen molar-refractivity contribution < 1.29 is 18.6 Å². The van der Waals surface area contributed by atoms with Crippen LogP contribution in [0.1, 0.15) is 54.6 Å². The van der Waals surface area contributed by atoms with Gasteiger partial charge in [0.1, 0.15) is 12.4 Å². The monoisotopic (exact) mass is 566 g/mol. The molecule has 1 unspecified atom stereocenters. The summed E-state index contributed by atoms with van der Waals surface area (Å²) in [7, 11) is 0. The van der Waals surface area contributed by atoms with E-state index in [1.165, 1.54) is 0 Å². The Morgan fingerprint density at radius 2 is 2.03 bits per heavy atom. The van der Waals surface area contributed by atoms with Gasteiger partial charge in [0.25, 0.3) is 0 Å². The van der Waals surface area contributed by atoms with Crippen molar-refractivity contribution in [2.45, 2.75) is 51.5 Å². The number of benzene rings is 2. The number of ether oxygens (including phenoxy) is 1. The van der Waals surface area contributed by atoms with Crippen molar-refractivity contribution in [1.29, 1.82) is 0 Å². The van der Waals surface area contributed by atoms with Crippen LogP contribution < -0.4 is 4.74 Å². The Balaban J connectivity index is 1.32. The van der Waals surface area contributed by atoms with Crippen molar-refractivity contribution >= 4 is 28.4 Å². The first-order valence-corrected chi connectivity index (χ1v) is 14.6. The second-order valence-electron chi connectivity index (χ2n) is 10.6. The van der Waals surface area contributed by atoms with Gasteiger partial charge in [-0.1, -0.05) is 41.9 Å². The summed E-state index contributed by atoms with van der Waals surface area (Å²) in [6.45, 7) is 6.59. The van der Waals surface area contributed by atoms with Crippen molar-refractivity contribution in [2.75, 3.05) is 19.6 Å². The predicted molar refractivity (Wildman–Crippen MR) is 153 cm³/mol. The lowest BCUT2D eigenvalue weighted by Gasteiger charge is -2.30. The summed E-state index contributed by atoms with van der Waals surface area (Å²) in [5.74, 6) is 0.768. The number of hydrogen-bond donors (Lipinski definition) is 1. The molecule has 3 aromatic rings. The molecule has 2 aliphatic heterocycles. The molecule has 3 heterocycles. The molecule has 1 N–H and O–H groups in total. The van der Waals surface area contributed by atoms with E-state index in [-0.39, 0.29) is 6.04 Å². The standard InChI is InChI=1S/C30H34ClN3O4S/c1-30(2,35)22-9-12-29-27(17-22)25(26-5-3-14-32-28(26)20-38-29)6-4-15-33-16-13-24(19-33)34(39(36)37)18-21-7-10-23(31)11-8-21/h3,5-12,14,17,24,35H,4,13,15-16,18-20H2,1-2H3,(H,36,37)/p-1/b25-6+/t24-/m0/s1. The Morgan fingerprint density at radius 3 is 2.77 bits per heavy atom.